The van der Waals surface area contributed by atoms with Gasteiger partial charge in [-0.15, -0.1) is 0 Å². The number of likely N-dealkylation sites (N-methyl/N-ethyl adjacent to an activating group) is 1. The molecule has 1 aromatic rings. The highest BCUT2D eigenvalue weighted by atomic mass is 19.4. The molecule has 19 heavy (non-hydrogen) atoms. The zero-order valence-corrected chi connectivity index (χ0v) is 11.3. The van der Waals surface area contributed by atoms with Crippen LogP contribution in [0.4, 0.5) is 13.2 Å². The van der Waals surface area contributed by atoms with Crippen LogP contribution in [-0.4, -0.2) is 36.5 Å². The second kappa shape index (κ2) is 6.19. The Morgan fingerprint density at radius 1 is 1.26 bits per heavy atom. The Bertz CT molecular complexity index is 454. The molecule has 0 aliphatic carbocycles. The molecule has 0 N–H and O–H groups in total. The first-order valence-corrected chi connectivity index (χ1v) is 6.12. The fraction of sp³-hybridized carbons (Fsp3) is 0.500. The van der Waals surface area contributed by atoms with Gasteiger partial charge in [0, 0.05) is 5.56 Å². The van der Waals surface area contributed by atoms with E-state index >= 15 is 0 Å². The normalized spacial score (nSPS) is 11.9. The van der Waals surface area contributed by atoms with Crippen molar-refractivity contribution in [3.8, 4) is 0 Å². The molecule has 0 saturated heterocycles. The Balaban J connectivity index is 2.80. The van der Waals surface area contributed by atoms with Crippen LogP contribution in [0.25, 0.3) is 0 Å². The van der Waals surface area contributed by atoms with Gasteiger partial charge in [0.15, 0.2) is 5.78 Å². The van der Waals surface area contributed by atoms with Crippen LogP contribution in [-0.2, 0) is 0 Å². The van der Waals surface area contributed by atoms with Crippen LogP contribution in [0.15, 0.2) is 18.2 Å². The minimum atomic E-state index is -4.28. The van der Waals surface area contributed by atoms with Crippen LogP contribution < -0.4 is 0 Å². The van der Waals surface area contributed by atoms with Crippen molar-refractivity contribution in [1.82, 2.24) is 4.90 Å². The lowest BCUT2D eigenvalue weighted by Crippen LogP contribution is -2.37. The summed E-state index contributed by atoms with van der Waals surface area (Å²) in [6.07, 6.45) is -4.28. The van der Waals surface area contributed by atoms with Gasteiger partial charge in [0.25, 0.3) is 0 Å². The minimum Gasteiger partial charge on any atom is -0.293 e. The Labute approximate surface area is 111 Å². The molecule has 0 spiro atoms. The molecule has 0 bridgehead atoms. The molecule has 1 rings (SSSR count). The van der Waals surface area contributed by atoms with Crippen molar-refractivity contribution in [2.45, 2.75) is 26.9 Å². The highest BCUT2D eigenvalue weighted by Crippen LogP contribution is 2.17. The standard InChI is InChI=1S/C14H18F3NO/c1-4-18(9-14(15,16)17)8-13(19)12-7-10(2)5-6-11(12)3/h5-7H,4,8-9H2,1-3H3. The third-order valence-electron chi connectivity index (χ3n) is 2.91. The van der Waals surface area contributed by atoms with Crippen molar-refractivity contribution < 1.29 is 18.0 Å². The first kappa shape index (κ1) is 15.7. The van der Waals surface area contributed by atoms with Crippen LogP contribution >= 0.6 is 0 Å². The average Bonchev–Trinajstić information content (AvgIpc) is 2.29. The Kier molecular flexibility index (Phi) is 5.11. The van der Waals surface area contributed by atoms with Crippen LogP contribution in [0.2, 0.25) is 0 Å². The molecule has 0 atom stereocenters. The lowest BCUT2D eigenvalue weighted by molar-refractivity contribution is -0.144. The van der Waals surface area contributed by atoms with Crippen LogP contribution in [0.5, 0.6) is 0 Å². The monoisotopic (exact) mass is 273 g/mol. The quantitative estimate of drug-likeness (QED) is 0.767. The zero-order valence-electron chi connectivity index (χ0n) is 11.3. The molecule has 5 heteroatoms. The highest BCUT2D eigenvalue weighted by molar-refractivity contribution is 5.99. The number of carbonyl (C=O) groups excluding carboxylic acids is 1. The Morgan fingerprint density at radius 3 is 2.42 bits per heavy atom. The summed E-state index contributed by atoms with van der Waals surface area (Å²) in [5, 5.41) is 0. The number of nitrogens with zero attached hydrogens (tertiary/aromatic N) is 1. The third kappa shape index (κ3) is 5.03. The van der Waals surface area contributed by atoms with Gasteiger partial charge in [0.1, 0.15) is 0 Å². The van der Waals surface area contributed by atoms with Gasteiger partial charge in [0.2, 0.25) is 0 Å². The zero-order chi connectivity index (χ0) is 14.6. The molecule has 0 heterocycles. The van der Waals surface area contributed by atoms with Gasteiger partial charge >= 0.3 is 6.18 Å². The molecule has 106 valence electrons. The topological polar surface area (TPSA) is 20.3 Å². The molecule has 0 aromatic heterocycles. The van der Waals surface area contributed by atoms with E-state index in [-0.39, 0.29) is 18.9 Å². The predicted octanol–water partition coefficient (Wildman–Crippen LogP) is 3.37. The van der Waals surface area contributed by atoms with Gasteiger partial charge in [-0.3, -0.25) is 9.69 Å². The number of halogens is 3. The van der Waals surface area contributed by atoms with Gasteiger partial charge in [-0.25, -0.2) is 0 Å². The molecule has 0 fully saturated rings. The number of alkyl halides is 3. The van der Waals surface area contributed by atoms with Crippen molar-refractivity contribution in [3.05, 3.63) is 34.9 Å². The summed E-state index contributed by atoms with van der Waals surface area (Å²) in [7, 11) is 0. The number of benzene rings is 1. The first-order chi connectivity index (χ1) is 8.73. The SMILES string of the molecule is CCN(CC(=O)c1cc(C)ccc1C)CC(F)(F)F. The summed E-state index contributed by atoms with van der Waals surface area (Å²) in [6.45, 7) is 4.18. The summed E-state index contributed by atoms with van der Waals surface area (Å²) in [5.41, 5.74) is 2.21. The van der Waals surface area contributed by atoms with Gasteiger partial charge in [0.05, 0.1) is 13.1 Å². The maximum atomic E-state index is 12.3. The van der Waals surface area contributed by atoms with E-state index in [2.05, 4.69) is 0 Å². The second-order valence-electron chi connectivity index (χ2n) is 4.66. The van der Waals surface area contributed by atoms with Crippen molar-refractivity contribution in [2.24, 2.45) is 0 Å². The number of carbonyl (C=O) groups is 1. The Hall–Kier alpha value is -1.36. The summed E-state index contributed by atoms with van der Waals surface area (Å²) in [6, 6.07) is 5.40. The Morgan fingerprint density at radius 2 is 1.89 bits per heavy atom. The van der Waals surface area contributed by atoms with E-state index in [1.165, 1.54) is 0 Å². The number of Topliss-reactive ketones (excluding diaryl/α,β-unsaturated/α-hetero) is 1. The fourth-order valence-corrected chi connectivity index (χ4v) is 1.86. The van der Waals surface area contributed by atoms with E-state index in [1.807, 2.05) is 19.1 Å². The molecular formula is C14H18F3NO. The van der Waals surface area contributed by atoms with Gasteiger partial charge in [-0.1, -0.05) is 24.6 Å². The largest absolute Gasteiger partial charge is 0.401 e. The predicted molar refractivity (Wildman–Crippen MR) is 68.4 cm³/mol. The van der Waals surface area contributed by atoms with Crippen molar-refractivity contribution in [3.63, 3.8) is 0 Å². The number of hydrogen-bond acceptors (Lipinski definition) is 2. The molecular weight excluding hydrogens is 255 g/mol. The molecule has 0 aliphatic heterocycles. The van der Waals surface area contributed by atoms with Gasteiger partial charge in [-0.2, -0.15) is 13.2 Å². The molecule has 2 nitrogen and oxygen atoms in total. The number of ketones is 1. The first-order valence-electron chi connectivity index (χ1n) is 6.12. The van der Waals surface area contributed by atoms with E-state index in [0.717, 1.165) is 16.0 Å². The summed E-state index contributed by atoms with van der Waals surface area (Å²) in [4.78, 5) is 13.2. The maximum absolute atomic E-state index is 12.3. The second-order valence-corrected chi connectivity index (χ2v) is 4.66. The fourth-order valence-electron chi connectivity index (χ4n) is 1.86. The molecule has 0 saturated carbocycles. The van der Waals surface area contributed by atoms with Crippen LogP contribution in [0.1, 0.15) is 28.4 Å². The molecule has 0 aliphatic rings. The molecule has 0 radical (unpaired) electrons. The number of aryl methyl sites for hydroxylation is 2. The van der Waals surface area contributed by atoms with Crippen molar-refractivity contribution in [2.75, 3.05) is 19.6 Å². The van der Waals surface area contributed by atoms with E-state index in [4.69, 9.17) is 0 Å². The van der Waals surface area contributed by atoms with E-state index in [0.29, 0.717) is 5.56 Å². The number of hydrogen-bond donors (Lipinski definition) is 0. The van der Waals surface area contributed by atoms with Crippen molar-refractivity contribution >= 4 is 5.78 Å². The van der Waals surface area contributed by atoms with Crippen molar-refractivity contribution in [1.29, 1.82) is 0 Å². The lowest BCUT2D eigenvalue weighted by Gasteiger charge is -2.21. The smallest absolute Gasteiger partial charge is 0.293 e. The molecule has 0 unspecified atom stereocenters. The summed E-state index contributed by atoms with van der Waals surface area (Å²) >= 11 is 0. The summed E-state index contributed by atoms with van der Waals surface area (Å²) < 4.78 is 37.0. The highest BCUT2D eigenvalue weighted by Gasteiger charge is 2.31. The molecule has 0 amide bonds. The lowest BCUT2D eigenvalue weighted by atomic mass is 10.0. The van der Waals surface area contributed by atoms with Crippen LogP contribution in [0.3, 0.4) is 0 Å². The third-order valence-corrected chi connectivity index (χ3v) is 2.91. The summed E-state index contributed by atoms with van der Waals surface area (Å²) in [5.74, 6) is -0.271. The van der Waals surface area contributed by atoms with Crippen LogP contribution in [0, 0.1) is 13.8 Å². The van der Waals surface area contributed by atoms with E-state index in [9.17, 15) is 18.0 Å². The molecule has 1 aromatic carbocycles. The average molecular weight is 273 g/mol. The maximum Gasteiger partial charge on any atom is 0.401 e. The van der Waals surface area contributed by atoms with Gasteiger partial charge in [-0.05, 0) is 32.0 Å². The van der Waals surface area contributed by atoms with Gasteiger partial charge < -0.3 is 0 Å². The minimum absolute atomic E-state index is 0.191. The number of rotatable bonds is 5. The van der Waals surface area contributed by atoms with E-state index in [1.54, 1.807) is 19.9 Å². The van der Waals surface area contributed by atoms with E-state index < -0.39 is 12.7 Å².